The molecular weight excluding hydrogens is 474 g/mol. The fourth-order valence-electron chi connectivity index (χ4n) is 6.49. The predicted octanol–water partition coefficient (Wildman–Crippen LogP) is 7.84. The molecule has 2 saturated heterocycles. The van der Waals surface area contributed by atoms with Crippen LogP contribution in [-0.4, -0.2) is 48.7 Å². The second-order valence-corrected chi connectivity index (χ2v) is 11.1. The molecule has 0 saturated carbocycles. The van der Waals surface area contributed by atoms with Crippen LogP contribution in [0.25, 0.3) is 11.1 Å². The number of allylic oxidation sites excluding steroid dienone is 1. The molecule has 1 aliphatic carbocycles. The molecule has 1 spiro atoms. The first-order chi connectivity index (χ1) is 18.6. The summed E-state index contributed by atoms with van der Waals surface area (Å²) in [4.78, 5) is 15.6. The van der Waals surface area contributed by atoms with Crippen LogP contribution in [0.2, 0.25) is 0 Å². The van der Waals surface area contributed by atoms with Gasteiger partial charge >= 0.3 is 6.09 Å². The molecular formula is C33H43NO4. The summed E-state index contributed by atoms with van der Waals surface area (Å²) in [5.41, 5.74) is 4.94. The van der Waals surface area contributed by atoms with E-state index in [-0.39, 0.29) is 24.1 Å². The Hall–Kier alpha value is -2.63. The minimum Gasteiger partial charge on any atom is -0.448 e. The smallest absolute Gasteiger partial charge is 0.410 e. The van der Waals surface area contributed by atoms with E-state index in [0.29, 0.717) is 32.7 Å². The van der Waals surface area contributed by atoms with Gasteiger partial charge < -0.3 is 14.2 Å². The lowest BCUT2D eigenvalue weighted by Gasteiger charge is -2.49. The Morgan fingerprint density at radius 1 is 0.974 bits per heavy atom. The first-order valence-electron chi connectivity index (χ1n) is 14.7. The van der Waals surface area contributed by atoms with Gasteiger partial charge in [-0.1, -0.05) is 93.3 Å². The van der Waals surface area contributed by atoms with E-state index in [2.05, 4.69) is 74.5 Å². The zero-order chi connectivity index (χ0) is 26.4. The molecule has 2 fully saturated rings. The molecule has 5 rings (SSSR count). The third kappa shape index (κ3) is 5.84. The Morgan fingerprint density at radius 3 is 2.32 bits per heavy atom. The van der Waals surface area contributed by atoms with Crippen molar-refractivity contribution < 1.29 is 19.0 Å². The highest BCUT2D eigenvalue weighted by Crippen LogP contribution is 2.45. The van der Waals surface area contributed by atoms with E-state index in [1.54, 1.807) is 0 Å². The van der Waals surface area contributed by atoms with Gasteiger partial charge in [0.05, 0.1) is 19.3 Å². The molecule has 2 aromatic rings. The van der Waals surface area contributed by atoms with Crippen LogP contribution >= 0.6 is 0 Å². The van der Waals surface area contributed by atoms with Gasteiger partial charge in [0.15, 0.2) is 5.79 Å². The third-order valence-corrected chi connectivity index (χ3v) is 8.36. The number of hydrogen-bond acceptors (Lipinski definition) is 4. The number of unbranched alkanes of at least 4 members (excludes halogenated alkanes) is 5. The largest absolute Gasteiger partial charge is 0.448 e. The molecule has 2 atom stereocenters. The summed E-state index contributed by atoms with van der Waals surface area (Å²) < 4.78 is 18.5. The van der Waals surface area contributed by atoms with Crippen molar-refractivity contribution in [3.8, 4) is 11.1 Å². The first kappa shape index (κ1) is 27.0. The van der Waals surface area contributed by atoms with Crippen LogP contribution in [0.1, 0.15) is 88.7 Å². The van der Waals surface area contributed by atoms with Gasteiger partial charge in [-0.15, -0.1) is 0 Å². The van der Waals surface area contributed by atoms with Crippen LogP contribution in [0.4, 0.5) is 4.79 Å². The van der Waals surface area contributed by atoms with E-state index >= 15 is 0 Å². The molecule has 38 heavy (non-hydrogen) atoms. The van der Waals surface area contributed by atoms with Crippen LogP contribution in [0.15, 0.2) is 60.7 Å². The maximum Gasteiger partial charge on any atom is 0.410 e. The molecule has 2 heterocycles. The Kier molecular flexibility index (Phi) is 8.86. The minimum atomic E-state index is -0.603. The number of benzene rings is 2. The summed E-state index contributed by atoms with van der Waals surface area (Å²) in [5, 5.41) is 0. The van der Waals surface area contributed by atoms with E-state index in [1.165, 1.54) is 54.4 Å². The van der Waals surface area contributed by atoms with Gasteiger partial charge in [-0.3, -0.25) is 4.90 Å². The van der Waals surface area contributed by atoms with E-state index in [1.807, 2.05) is 4.90 Å². The molecule has 0 bridgehead atoms. The zero-order valence-corrected chi connectivity index (χ0v) is 23.1. The van der Waals surface area contributed by atoms with Crippen LogP contribution in [0, 0.1) is 0 Å². The highest BCUT2D eigenvalue weighted by molar-refractivity contribution is 5.79. The van der Waals surface area contributed by atoms with Crippen LogP contribution in [0.3, 0.4) is 0 Å². The summed E-state index contributed by atoms with van der Waals surface area (Å²) in [7, 11) is 0. The molecule has 2 aliphatic heterocycles. The fraction of sp³-hybridized carbons (Fsp3) is 0.545. The van der Waals surface area contributed by atoms with Crippen molar-refractivity contribution in [3.63, 3.8) is 0 Å². The third-order valence-electron chi connectivity index (χ3n) is 8.36. The molecule has 5 nitrogen and oxygen atoms in total. The lowest BCUT2D eigenvalue weighted by atomic mass is 9.89. The SMILES string of the molecule is CCCCCCC/C=C/[C@@H]1CC2(C[C@H](C)N1C(=O)OCC1c3ccccc3-c3ccccc31)OCCCO2. The topological polar surface area (TPSA) is 48.0 Å². The minimum absolute atomic E-state index is 0.0447. The van der Waals surface area contributed by atoms with Gasteiger partial charge in [0, 0.05) is 24.8 Å². The number of nitrogens with zero attached hydrogens (tertiary/aromatic N) is 1. The molecule has 204 valence electrons. The van der Waals surface area contributed by atoms with Gasteiger partial charge in [-0.25, -0.2) is 4.79 Å². The Balaban J connectivity index is 1.28. The molecule has 5 heteroatoms. The predicted molar refractivity (Wildman–Crippen MR) is 151 cm³/mol. The summed E-state index contributed by atoms with van der Waals surface area (Å²) in [6, 6.07) is 16.8. The summed E-state index contributed by atoms with van der Waals surface area (Å²) >= 11 is 0. The molecule has 0 N–H and O–H groups in total. The second-order valence-electron chi connectivity index (χ2n) is 11.1. The highest BCUT2D eigenvalue weighted by Gasteiger charge is 2.47. The Labute approximate surface area is 228 Å². The number of hydrogen-bond donors (Lipinski definition) is 0. The van der Waals surface area contributed by atoms with Crippen molar-refractivity contribution in [1.82, 2.24) is 4.90 Å². The molecule has 3 aliphatic rings. The van der Waals surface area contributed by atoms with E-state index in [9.17, 15) is 4.79 Å². The maximum absolute atomic E-state index is 13.7. The fourth-order valence-corrected chi connectivity index (χ4v) is 6.49. The number of likely N-dealkylation sites (tertiary alicyclic amines) is 1. The van der Waals surface area contributed by atoms with Gasteiger partial charge in [-0.2, -0.15) is 0 Å². The van der Waals surface area contributed by atoms with Gasteiger partial charge in [0.25, 0.3) is 0 Å². The quantitative estimate of drug-likeness (QED) is 0.251. The lowest BCUT2D eigenvalue weighted by molar-refractivity contribution is -0.291. The van der Waals surface area contributed by atoms with Crippen LogP contribution < -0.4 is 0 Å². The number of carbonyl (C=O) groups is 1. The van der Waals surface area contributed by atoms with Crippen LogP contribution in [0.5, 0.6) is 0 Å². The highest BCUT2D eigenvalue weighted by atomic mass is 16.7. The maximum atomic E-state index is 13.7. The number of piperidine rings is 1. The standard InChI is InChI=1S/C33H43NO4/c1-3-4-5-6-7-8-9-15-26-23-33(37-20-14-21-38-33)22-25(2)34(26)32(35)36-24-31-29-18-12-10-16-27(29)28-17-11-13-19-30(28)31/h9-13,15-19,25-26,31H,3-8,14,20-24H2,1-2H3/b15-9+/t25-,26+/m0/s1. The Bertz CT molecular complexity index is 1060. The van der Waals surface area contributed by atoms with Crippen molar-refractivity contribution in [3.05, 3.63) is 71.8 Å². The van der Waals surface area contributed by atoms with Crippen molar-refractivity contribution in [2.24, 2.45) is 0 Å². The number of ether oxygens (including phenoxy) is 3. The van der Waals surface area contributed by atoms with Crippen molar-refractivity contribution in [1.29, 1.82) is 0 Å². The second kappa shape index (κ2) is 12.5. The molecule has 1 amide bonds. The molecule has 0 aromatic heterocycles. The number of fused-ring (bicyclic) bond motifs is 3. The lowest BCUT2D eigenvalue weighted by Crippen LogP contribution is -2.59. The number of carbonyl (C=O) groups excluding carboxylic acids is 1. The van der Waals surface area contributed by atoms with Gasteiger partial charge in [-0.05, 0) is 48.4 Å². The molecule has 2 aromatic carbocycles. The number of rotatable bonds is 9. The number of amides is 1. The van der Waals surface area contributed by atoms with Gasteiger partial charge in [0.2, 0.25) is 0 Å². The van der Waals surface area contributed by atoms with E-state index < -0.39 is 5.79 Å². The van der Waals surface area contributed by atoms with Crippen molar-refractivity contribution >= 4 is 6.09 Å². The van der Waals surface area contributed by atoms with E-state index in [0.717, 1.165) is 12.8 Å². The summed E-state index contributed by atoms with van der Waals surface area (Å²) in [5.74, 6) is -0.548. The normalized spacial score (nSPS) is 22.5. The zero-order valence-electron chi connectivity index (χ0n) is 23.1. The molecule has 0 unspecified atom stereocenters. The van der Waals surface area contributed by atoms with E-state index in [4.69, 9.17) is 14.2 Å². The molecule has 0 radical (unpaired) electrons. The van der Waals surface area contributed by atoms with Crippen LogP contribution in [-0.2, 0) is 14.2 Å². The summed E-state index contributed by atoms with van der Waals surface area (Å²) in [6.07, 6.45) is 13.7. The van der Waals surface area contributed by atoms with Crippen molar-refractivity contribution in [2.45, 2.75) is 95.4 Å². The summed E-state index contributed by atoms with van der Waals surface area (Å²) in [6.45, 7) is 6.10. The monoisotopic (exact) mass is 517 g/mol. The average Bonchev–Trinajstić information content (AvgIpc) is 3.25. The first-order valence-corrected chi connectivity index (χ1v) is 14.7. The van der Waals surface area contributed by atoms with Gasteiger partial charge in [0.1, 0.15) is 6.61 Å². The van der Waals surface area contributed by atoms with Crippen molar-refractivity contribution in [2.75, 3.05) is 19.8 Å². The average molecular weight is 518 g/mol. The Morgan fingerprint density at radius 2 is 1.63 bits per heavy atom.